The lowest BCUT2D eigenvalue weighted by Gasteiger charge is -2.21. The van der Waals surface area contributed by atoms with Crippen molar-refractivity contribution in [3.8, 4) is 0 Å². The summed E-state index contributed by atoms with van der Waals surface area (Å²) in [6.45, 7) is 0. The third-order valence-electron chi connectivity index (χ3n) is 1.37. The molecule has 0 aromatic carbocycles. The molecule has 0 unspecified atom stereocenters. The summed E-state index contributed by atoms with van der Waals surface area (Å²) in [5, 5.41) is 43.4. The summed E-state index contributed by atoms with van der Waals surface area (Å²) in [5.41, 5.74) is 0. The van der Waals surface area contributed by atoms with Crippen LogP contribution in [0.15, 0.2) is 0 Å². The van der Waals surface area contributed by atoms with Crippen LogP contribution in [0.1, 0.15) is 1.37 Å². The van der Waals surface area contributed by atoms with Gasteiger partial charge in [-0.2, -0.15) is 0 Å². The van der Waals surface area contributed by atoms with E-state index >= 15 is 0 Å². The second-order valence-corrected chi connectivity index (χ2v) is 2.33. The van der Waals surface area contributed by atoms with Crippen LogP contribution in [0, 0.1) is 0 Å². The minimum Gasteiger partial charge on any atom is -0.479 e. The minimum absolute atomic E-state index is 1.59. The van der Waals surface area contributed by atoms with Gasteiger partial charge in [0.1, 0.15) is 19.7 Å². The number of carboxylic acid groups (broad SMARTS) is 1. The van der Waals surface area contributed by atoms with Crippen LogP contribution in [-0.2, 0) is 9.59 Å². The molecule has 0 aromatic heterocycles. The fraction of sp³-hybridized carbons (Fsp3) is 0.667. The first-order chi connectivity index (χ1) is 6.29. The first-order valence-electron chi connectivity index (χ1n) is 3.74. The number of aldehydes is 1. The molecule has 0 amide bonds. The van der Waals surface area contributed by atoms with Crippen molar-refractivity contribution in [3.05, 3.63) is 0 Å². The monoisotopic (exact) mass is 195 g/mol. The number of aliphatic carboxylic acids is 1. The Morgan fingerprint density at radius 1 is 1.23 bits per heavy atom. The molecule has 0 radical (unpaired) electrons. The quantitative estimate of drug-likeness (QED) is 0.290. The van der Waals surface area contributed by atoms with E-state index in [-0.39, 0.29) is 0 Å². The summed E-state index contributed by atoms with van der Waals surface area (Å²) in [4.78, 5) is 20.3. The van der Waals surface area contributed by atoms with E-state index in [1.165, 1.54) is 0 Å². The van der Waals surface area contributed by atoms with Crippen LogP contribution in [0.3, 0.4) is 0 Å². The highest BCUT2D eigenvalue weighted by Gasteiger charge is 2.33. The van der Waals surface area contributed by atoms with E-state index in [2.05, 4.69) is 0 Å². The molecule has 0 rings (SSSR count). The van der Waals surface area contributed by atoms with Crippen LogP contribution in [0.4, 0.5) is 0 Å². The van der Waals surface area contributed by atoms with Crippen molar-refractivity contribution in [2.75, 3.05) is 0 Å². The number of hydrogen-bond acceptors (Lipinski definition) is 6. The fourth-order valence-corrected chi connectivity index (χ4v) is 0.589. The molecular formula is C6H10O7. The third-order valence-corrected chi connectivity index (χ3v) is 1.37. The average Bonchev–Trinajstić information content (AvgIpc) is 2.12. The maximum absolute atomic E-state index is 10.2. The number of aliphatic hydroxyl groups excluding tert-OH is 4. The lowest BCUT2D eigenvalue weighted by atomic mass is 10.0. The molecular weight excluding hydrogens is 184 g/mol. The van der Waals surface area contributed by atoms with Gasteiger partial charge < -0.3 is 30.3 Å². The third kappa shape index (κ3) is 3.07. The molecule has 7 heteroatoms. The standard InChI is InChI=1S/C6H10O7/c7-1-2(8)3(9)4(10)5(11)6(12)13/h1-5,8-11H,(H,12,13)/t2-,3+,4-,5-/m0/s1/i1D. The number of carbonyl (C=O) groups excluding carboxylic acids is 1. The molecule has 0 saturated heterocycles. The average molecular weight is 195 g/mol. The Hall–Kier alpha value is -1.02. The maximum atomic E-state index is 10.2. The van der Waals surface area contributed by atoms with E-state index in [0.717, 1.165) is 0 Å². The Morgan fingerprint density at radius 2 is 1.69 bits per heavy atom. The predicted molar refractivity (Wildman–Crippen MR) is 37.7 cm³/mol. The largest absolute Gasteiger partial charge is 0.479 e. The van der Waals surface area contributed by atoms with Gasteiger partial charge in [0, 0.05) is 0 Å². The van der Waals surface area contributed by atoms with Gasteiger partial charge >= 0.3 is 5.97 Å². The lowest BCUT2D eigenvalue weighted by molar-refractivity contribution is -0.163. The maximum Gasteiger partial charge on any atom is 0.335 e. The van der Waals surface area contributed by atoms with Gasteiger partial charge in [-0.25, -0.2) is 4.79 Å². The molecule has 0 bridgehead atoms. The molecule has 76 valence electrons. The van der Waals surface area contributed by atoms with E-state index in [1.807, 2.05) is 0 Å². The molecule has 0 aliphatic heterocycles. The van der Waals surface area contributed by atoms with Gasteiger partial charge in [-0.3, -0.25) is 0 Å². The second-order valence-electron chi connectivity index (χ2n) is 2.33. The Labute approximate surface area is 74.3 Å². The number of carboxylic acids is 1. The van der Waals surface area contributed by atoms with E-state index in [4.69, 9.17) is 26.9 Å². The van der Waals surface area contributed by atoms with Crippen molar-refractivity contribution < 1.29 is 36.5 Å². The molecule has 0 saturated carbocycles. The molecule has 0 heterocycles. The van der Waals surface area contributed by atoms with E-state index in [9.17, 15) is 9.59 Å². The van der Waals surface area contributed by atoms with Gasteiger partial charge in [0.2, 0.25) is 0 Å². The zero-order chi connectivity index (χ0) is 11.5. The van der Waals surface area contributed by atoms with Gasteiger partial charge in [0.05, 0.1) is 0 Å². The Balaban J connectivity index is 4.45. The zero-order valence-corrected chi connectivity index (χ0v) is 6.36. The molecule has 0 spiro atoms. The van der Waals surface area contributed by atoms with Crippen LogP contribution < -0.4 is 0 Å². The van der Waals surface area contributed by atoms with Crippen LogP contribution in [-0.4, -0.2) is 62.2 Å². The number of carbonyl (C=O) groups is 2. The normalized spacial score (nSPS) is 21.1. The van der Waals surface area contributed by atoms with Crippen molar-refractivity contribution in [1.29, 1.82) is 0 Å². The second kappa shape index (κ2) is 4.87. The van der Waals surface area contributed by atoms with Gasteiger partial charge in [-0.15, -0.1) is 0 Å². The van der Waals surface area contributed by atoms with Gasteiger partial charge in [0.25, 0.3) is 0 Å². The van der Waals surface area contributed by atoms with Gasteiger partial charge in [0.15, 0.2) is 12.4 Å². The van der Waals surface area contributed by atoms with Crippen molar-refractivity contribution in [2.24, 2.45) is 0 Å². The van der Waals surface area contributed by atoms with Crippen LogP contribution in [0.2, 0.25) is 0 Å². The molecule has 0 aliphatic rings. The molecule has 7 nitrogen and oxygen atoms in total. The molecule has 0 fully saturated rings. The first-order valence-corrected chi connectivity index (χ1v) is 3.24. The highest BCUT2D eigenvalue weighted by molar-refractivity contribution is 5.73. The minimum atomic E-state index is -2.33. The summed E-state index contributed by atoms with van der Waals surface area (Å²) in [7, 11) is 0. The molecule has 0 aromatic rings. The molecule has 13 heavy (non-hydrogen) atoms. The Kier molecular flexibility index (Phi) is 3.77. The number of hydrogen-bond donors (Lipinski definition) is 5. The zero-order valence-electron chi connectivity index (χ0n) is 7.36. The first kappa shape index (κ1) is 10.1. The van der Waals surface area contributed by atoms with Crippen LogP contribution >= 0.6 is 0 Å². The Morgan fingerprint density at radius 3 is 2.00 bits per heavy atom. The van der Waals surface area contributed by atoms with E-state index < -0.39 is 36.6 Å². The van der Waals surface area contributed by atoms with E-state index in [1.54, 1.807) is 0 Å². The summed E-state index contributed by atoms with van der Waals surface area (Å²) in [6.07, 6.45) is -10.6. The SMILES string of the molecule is [2H]C(=O)[C@H](O)[C@@H](O)[C@H](O)[C@H](O)C(=O)O. The smallest absolute Gasteiger partial charge is 0.335 e. The van der Waals surface area contributed by atoms with Crippen molar-refractivity contribution in [1.82, 2.24) is 0 Å². The van der Waals surface area contributed by atoms with Gasteiger partial charge in [-0.05, 0) is 0 Å². The topological polar surface area (TPSA) is 135 Å². The van der Waals surface area contributed by atoms with Crippen molar-refractivity contribution >= 4 is 12.2 Å². The molecule has 5 N–H and O–H groups in total. The number of aliphatic hydroxyl groups is 4. The van der Waals surface area contributed by atoms with Crippen LogP contribution in [0.25, 0.3) is 0 Å². The highest BCUT2D eigenvalue weighted by Crippen LogP contribution is 2.03. The summed E-state index contributed by atoms with van der Waals surface area (Å²) < 4.78 is 6.37. The highest BCUT2D eigenvalue weighted by atomic mass is 16.4. The van der Waals surface area contributed by atoms with Crippen molar-refractivity contribution in [3.63, 3.8) is 0 Å². The fourth-order valence-electron chi connectivity index (χ4n) is 0.589. The summed E-state index contributed by atoms with van der Waals surface area (Å²) in [5.74, 6) is -1.82. The van der Waals surface area contributed by atoms with Crippen molar-refractivity contribution in [2.45, 2.75) is 24.4 Å². The van der Waals surface area contributed by atoms with Crippen LogP contribution in [0.5, 0.6) is 0 Å². The molecule has 0 aliphatic carbocycles. The van der Waals surface area contributed by atoms with Gasteiger partial charge in [-0.1, -0.05) is 0 Å². The summed E-state index contributed by atoms with van der Waals surface area (Å²) >= 11 is 0. The predicted octanol–water partition coefficient (Wildman–Crippen LogP) is -3.29. The molecule has 4 atom stereocenters. The summed E-state index contributed by atoms with van der Waals surface area (Å²) in [6, 6.07) is 0. The number of rotatable bonds is 5. The lowest BCUT2D eigenvalue weighted by Crippen LogP contribution is -2.48. The Bertz CT molecular complexity index is 206. The van der Waals surface area contributed by atoms with E-state index in [0.29, 0.717) is 0 Å².